The van der Waals surface area contributed by atoms with Crippen molar-refractivity contribution >= 4 is 15.9 Å². The average molecular weight is 302 g/mol. The van der Waals surface area contributed by atoms with Crippen molar-refractivity contribution in [3.8, 4) is 0 Å². The van der Waals surface area contributed by atoms with Crippen LogP contribution in [0.4, 0.5) is 0 Å². The van der Waals surface area contributed by atoms with Crippen LogP contribution in [0.1, 0.15) is 18.5 Å². The van der Waals surface area contributed by atoms with Gasteiger partial charge in [-0.25, -0.2) is 0 Å². The summed E-state index contributed by atoms with van der Waals surface area (Å²) < 4.78 is 11.4. The standard InChI is InChI=1S/C13H20BrNO2/c1-11(12-5-3-4-6-13(12)14)15-7-8-17-10-9-16-2/h3-6,11,15H,7-10H2,1-2H3/t11-/m0/s1. The molecule has 0 spiro atoms. The van der Waals surface area contributed by atoms with Crippen LogP contribution >= 0.6 is 15.9 Å². The third-order valence-corrected chi connectivity index (χ3v) is 3.22. The summed E-state index contributed by atoms with van der Waals surface area (Å²) in [4.78, 5) is 0. The fraction of sp³-hybridized carbons (Fsp3) is 0.538. The fourth-order valence-electron chi connectivity index (χ4n) is 1.53. The number of ether oxygens (including phenoxy) is 2. The minimum absolute atomic E-state index is 0.316. The maximum absolute atomic E-state index is 5.39. The maximum Gasteiger partial charge on any atom is 0.0700 e. The maximum atomic E-state index is 5.39. The van der Waals surface area contributed by atoms with Gasteiger partial charge in [-0.1, -0.05) is 34.1 Å². The summed E-state index contributed by atoms with van der Waals surface area (Å²) in [6, 6.07) is 8.56. The molecular weight excluding hydrogens is 282 g/mol. The first-order valence-electron chi connectivity index (χ1n) is 5.80. The lowest BCUT2D eigenvalue weighted by Crippen LogP contribution is -2.24. The summed E-state index contributed by atoms with van der Waals surface area (Å²) in [6.07, 6.45) is 0. The van der Waals surface area contributed by atoms with Gasteiger partial charge < -0.3 is 14.8 Å². The van der Waals surface area contributed by atoms with Gasteiger partial charge in [0.25, 0.3) is 0 Å². The molecule has 0 unspecified atom stereocenters. The molecule has 0 aliphatic rings. The van der Waals surface area contributed by atoms with Crippen LogP contribution in [0.2, 0.25) is 0 Å². The highest BCUT2D eigenvalue weighted by molar-refractivity contribution is 9.10. The van der Waals surface area contributed by atoms with E-state index in [1.54, 1.807) is 7.11 Å². The predicted octanol–water partition coefficient (Wildman–Crippen LogP) is 2.76. The predicted molar refractivity (Wildman–Crippen MR) is 73.3 cm³/mol. The first-order chi connectivity index (χ1) is 8.25. The number of nitrogens with one attached hydrogen (secondary N) is 1. The van der Waals surface area contributed by atoms with Crippen molar-refractivity contribution in [2.24, 2.45) is 0 Å². The molecular formula is C13H20BrNO2. The van der Waals surface area contributed by atoms with Gasteiger partial charge in [0, 0.05) is 24.2 Å². The lowest BCUT2D eigenvalue weighted by molar-refractivity contribution is 0.0712. The van der Waals surface area contributed by atoms with Gasteiger partial charge >= 0.3 is 0 Å². The number of benzene rings is 1. The van der Waals surface area contributed by atoms with Gasteiger partial charge in [-0.15, -0.1) is 0 Å². The van der Waals surface area contributed by atoms with Crippen LogP contribution in [0.3, 0.4) is 0 Å². The number of methoxy groups -OCH3 is 1. The molecule has 0 bridgehead atoms. The van der Waals surface area contributed by atoms with Gasteiger partial charge in [0.05, 0.1) is 19.8 Å². The summed E-state index contributed by atoms with van der Waals surface area (Å²) in [5, 5.41) is 3.42. The van der Waals surface area contributed by atoms with Gasteiger partial charge in [0.1, 0.15) is 0 Å². The monoisotopic (exact) mass is 301 g/mol. The zero-order chi connectivity index (χ0) is 12.5. The number of hydrogen-bond donors (Lipinski definition) is 1. The number of hydrogen-bond acceptors (Lipinski definition) is 3. The van der Waals surface area contributed by atoms with Crippen molar-refractivity contribution in [3.05, 3.63) is 34.3 Å². The van der Waals surface area contributed by atoms with Gasteiger partial charge in [0.15, 0.2) is 0 Å². The Balaban J connectivity index is 2.21. The molecule has 4 heteroatoms. The Morgan fingerprint density at radius 2 is 2.00 bits per heavy atom. The smallest absolute Gasteiger partial charge is 0.0700 e. The molecule has 0 amide bonds. The molecule has 1 atom stereocenters. The average Bonchev–Trinajstić information content (AvgIpc) is 2.34. The Labute approximate surface area is 112 Å². The molecule has 0 aliphatic carbocycles. The Morgan fingerprint density at radius 3 is 2.71 bits per heavy atom. The van der Waals surface area contributed by atoms with E-state index in [4.69, 9.17) is 9.47 Å². The quantitative estimate of drug-likeness (QED) is 0.749. The molecule has 96 valence electrons. The summed E-state index contributed by atoms with van der Waals surface area (Å²) >= 11 is 3.55. The van der Waals surface area contributed by atoms with E-state index in [0.717, 1.165) is 11.0 Å². The van der Waals surface area contributed by atoms with Crippen LogP contribution in [0.15, 0.2) is 28.7 Å². The van der Waals surface area contributed by atoms with Crippen LogP contribution in [-0.4, -0.2) is 33.5 Å². The molecule has 1 rings (SSSR count). The van der Waals surface area contributed by atoms with Crippen LogP contribution in [0.5, 0.6) is 0 Å². The molecule has 1 aromatic carbocycles. The van der Waals surface area contributed by atoms with Crippen molar-refractivity contribution in [1.82, 2.24) is 5.32 Å². The molecule has 0 aromatic heterocycles. The molecule has 0 fully saturated rings. The minimum atomic E-state index is 0.316. The Hall–Kier alpha value is -0.420. The SMILES string of the molecule is COCCOCCN[C@@H](C)c1ccccc1Br. The van der Waals surface area contributed by atoms with E-state index in [9.17, 15) is 0 Å². The highest BCUT2D eigenvalue weighted by Gasteiger charge is 2.07. The normalized spacial score (nSPS) is 12.6. The molecule has 1 aromatic rings. The van der Waals surface area contributed by atoms with Gasteiger partial charge in [-0.2, -0.15) is 0 Å². The summed E-state index contributed by atoms with van der Waals surface area (Å²) in [6.45, 7) is 5.00. The summed E-state index contributed by atoms with van der Waals surface area (Å²) in [7, 11) is 1.68. The van der Waals surface area contributed by atoms with Crippen molar-refractivity contribution in [1.29, 1.82) is 0 Å². The lowest BCUT2D eigenvalue weighted by atomic mass is 10.1. The van der Waals surface area contributed by atoms with Crippen LogP contribution in [0, 0.1) is 0 Å². The second-order valence-electron chi connectivity index (χ2n) is 3.80. The number of rotatable bonds is 8. The largest absolute Gasteiger partial charge is 0.382 e. The van der Waals surface area contributed by atoms with E-state index in [-0.39, 0.29) is 0 Å². The van der Waals surface area contributed by atoms with Gasteiger partial charge in [-0.3, -0.25) is 0 Å². The molecule has 0 radical (unpaired) electrons. The topological polar surface area (TPSA) is 30.5 Å². The van der Waals surface area contributed by atoms with E-state index in [0.29, 0.717) is 25.9 Å². The molecule has 0 saturated carbocycles. The van der Waals surface area contributed by atoms with E-state index in [1.165, 1.54) is 5.56 Å². The van der Waals surface area contributed by atoms with Crippen LogP contribution in [0.25, 0.3) is 0 Å². The first kappa shape index (κ1) is 14.6. The lowest BCUT2D eigenvalue weighted by Gasteiger charge is -2.15. The molecule has 3 nitrogen and oxygen atoms in total. The summed E-state index contributed by atoms with van der Waals surface area (Å²) in [5.41, 5.74) is 1.27. The van der Waals surface area contributed by atoms with Crippen molar-refractivity contribution in [3.63, 3.8) is 0 Å². The van der Waals surface area contributed by atoms with Gasteiger partial charge in [-0.05, 0) is 18.6 Å². The van der Waals surface area contributed by atoms with Gasteiger partial charge in [0.2, 0.25) is 0 Å². The molecule has 0 heterocycles. The Morgan fingerprint density at radius 1 is 1.24 bits per heavy atom. The highest BCUT2D eigenvalue weighted by atomic mass is 79.9. The summed E-state index contributed by atoms with van der Waals surface area (Å²) in [5.74, 6) is 0. The third kappa shape index (κ3) is 5.64. The Bertz CT molecular complexity index is 320. The fourth-order valence-corrected chi connectivity index (χ4v) is 2.16. The zero-order valence-electron chi connectivity index (χ0n) is 10.4. The highest BCUT2D eigenvalue weighted by Crippen LogP contribution is 2.22. The van der Waals surface area contributed by atoms with Crippen molar-refractivity contribution < 1.29 is 9.47 Å². The molecule has 1 N–H and O–H groups in total. The van der Waals surface area contributed by atoms with E-state index >= 15 is 0 Å². The van der Waals surface area contributed by atoms with E-state index < -0.39 is 0 Å². The van der Waals surface area contributed by atoms with Crippen LogP contribution < -0.4 is 5.32 Å². The van der Waals surface area contributed by atoms with Crippen molar-refractivity contribution in [2.75, 3.05) is 33.5 Å². The Kier molecular flexibility index (Phi) is 7.44. The minimum Gasteiger partial charge on any atom is -0.382 e. The third-order valence-electron chi connectivity index (χ3n) is 2.50. The molecule has 0 aliphatic heterocycles. The molecule has 0 saturated heterocycles. The number of halogens is 1. The van der Waals surface area contributed by atoms with Crippen molar-refractivity contribution in [2.45, 2.75) is 13.0 Å². The zero-order valence-corrected chi connectivity index (χ0v) is 12.0. The van der Waals surface area contributed by atoms with E-state index in [2.05, 4.69) is 40.3 Å². The first-order valence-corrected chi connectivity index (χ1v) is 6.59. The second kappa shape index (κ2) is 8.64. The van der Waals surface area contributed by atoms with Crippen LogP contribution in [-0.2, 0) is 9.47 Å². The van der Waals surface area contributed by atoms with E-state index in [1.807, 2.05) is 12.1 Å². The second-order valence-corrected chi connectivity index (χ2v) is 4.66. The molecule has 17 heavy (non-hydrogen) atoms.